The van der Waals surface area contributed by atoms with Crippen molar-refractivity contribution in [2.24, 2.45) is 0 Å². The monoisotopic (exact) mass is 410 g/mol. The van der Waals surface area contributed by atoms with Gasteiger partial charge in [-0.1, -0.05) is 0 Å². The first-order chi connectivity index (χ1) is 13.9. The van der Waals surface area contributed by atoms with Crippen LogP contribution in [0.1, 0.15) is 6.92 Å². The number of cyclic esters (lactones) is 1. The van der Waals surface area contributed by atoms with Crippen LogP contribution < -0.4 is 15.1 Å². The van der Waals surface area contributed by atoms with Gasteiger partial charge in [0.05, 0.1) is 37.6 Å². The quantitative estimate of drug-likeness (QED) is 0.695. The minimum atomic E-state index is -0.655. The molecule has 2 fully saturated rings. The van der Waals surface area contributed by atoms with E-state index in [1.807, 2.05) is 0 Å². The summed E-state index contributed by atoms with van der Waals surface area (Å²) in [5, 5.41) is 12.6. The number of rotatable bonds is 5. The second-order valence-electron chi connectivity index (χ2n) is 6.66. The van der Waals surface area contributed by atoms with Gasteiger partial charge < -0.3 is 20.1 Å². The maximum Gasteiger partial charge on any atom is 0.414 e. The minimum absolute atomic E-state index is 0.163. The molecule has 3 rings (SSSR count). The molecule has 0 spiro atoms. The Morgan fingerprint density at radius 3 is 2.79 bits per heavy atom. The van der Waals surface area contributed by atoms with Crippen molar-refractivity contribution in [2.45, 2.75) is 13.0 Å². The number of carbonyl (C=O) groups is 3. The molecule has 0 radical (unpaired) electrons. The molecular formula is C18H23FN4O6. The Morgan fingerprint density at radius 1 is 1.31 bits per heavy atom. The number of ether oxygens (including phenoxy) is 1. The van der Waals surface area contributed by atoms with Gasteiger partial charge in [-0.15, -0.1) is 0 Å². The number of amides is 3. The predicted octanol–water partition coefficient (Wildman–Crippen LogP) is -0.141. The summed E-state index contributed by atoms with van der Waals surface area (Å²) in [5.74, 6) is -1.30. The minimum Gasteiger partial charge on any atom is -0.442 e. The second-order valence-corrected chi connectivity index (χ2v) is 6.66. The van der Waals surface area contributed by atoms with Gasteiger partial charge in [-0.05, 0) is 18.2 Å². The molecule has 1 aromatic carbocycles. The third kappa shape index (κ3) is 4.93. The first-order valence-corrected chi connectivity index (χ1v) is 9.20. The lowest BCUT2D eigenvalue weighted by atomic mass is 10.2. The molecule has 10 nitrogen and oxygen atoms in total. The van der Waals surface area contributed by atoms with E-state index in [-0.39, 0.29) is 32.1 Å². The second kappa shape index (κ2) is 9.05. The largest absolute Gasteiger partial charge is 0.442 e. The normalized spacial score (nSPS) is 19.8. The Morgan fingerprint density at radius 2 is 2.10 bits per heavy atom. The van der Waals surface area contributed by atoms with E-state index in [0.29, 0.717) is 24.5 Å². The number of hydroxylamine groups is 2. The summed E-state index contributed by atoms with van der Waals surface area (Å²) in [6, 6.07) is 4.42. The zero-order valence-electron chi connectivity index (χ0n) is 16.0. The van der Waals surface area contributed by atoms with E-state index in [9.17, 15) is 18.8 Å². The number of hydrogen-bond acceptors (Lipinski definition) is 7. The van der Waals surface area contributed by atoms with E-state index in [2.05, 4.69) is 5.32 Å². The van der Waals surface area contributed by atoms with E-state index in [4.69, 9.17) is 14.7 Å². The SMILES string of the molecule is CC(=O)NC[C@H]1CN(c2ccc(N3CCON(C(=O)CO)CC3)c(F)c2)C(=O)O1. The zero-order valence-corrected chi connectivity index (χ0v) is 16.0. The first kappa shape index (κ1) is 20.8. The fraction of sp³-hybridized carbons (Fsp3) is 0.500. The average Bonchev–Trinajstić information content (AvgIpc) is 2.90. The highest BCUT2D eigenvalue weighted by Crippen LogP contribution is 2.28. The van der Waals surface area contributed by atoms with Crippen LogP contribution in [0, 0.1) is 5.82 Å². The lowest BCUT2D eigenvalue weighted by Gasteiger charge is -2.23. The van der Waals surface area contributed by atoms with Gasteiger partial charge in [-0.25, -0.2) is 14.2 Å². The van der Waals surface area contributed by atoms with Crippen molar-refractivity contribution < 1.29 is 33.5 Å². The van der Waals surface area contributed by atoms with E-state index in [1.165, 1.54) is 17.9 Å². The summed E-state index contributed by atoms with van der Waals surface area (Å²) in [4.78, 5) is 43.0. The highest BCUT2D eigenvalue weighted by Gasteiger charge is 2.33. The first-order valence-electron chi connectivity index (χ1n) is 9.20. The van der Waals surface area contributed by atoms with Gasteiger partial charge in [0.1, 0.15) is 18.5 Å². The smallest absolute Gasteiger partial charge is 0.414 e. The number of benzene rings is 1. The van der Waals surface area contributed by atoms with Crippen molar-refractivity contribution in [3.05, 3.63) is 24.0 Å². The topological polar surface area (TPSA) is 112 Å². The molecule has 2 aliphatic rings. The molecule has 1 atom stereocenters. The maximum atomic E-state index is 14.8. The molecule has 0 aromatic heterocycles. The van der Waals surface area contributed by atoms with Gasteiger partial charge in [-0.3, -0.25) is 19.3 Å². The number of aliphatic hydroxyl groups excluding tert-OH is 1. The molecule has 158 valence electrons. The third-order valence-corrected chi connectivity index (χ3v) is 4.63. The molecule has 2 heterocycles. The van der Waals surface area contributed by atoms with Crippen molar-refractivity contribution in [2.75, 3.05) is 55.7 Å². The van der Waals surface area contributed by atoms with Crippen LogP contribution in [0.25, 0.3) is 0 Å². The molecule has 2 aliphatic heterocycles. The summed E-state index contributed by atoms with van der Waals surface area (Å²) in [5.41, 5.74) is 0.669. The molecule has 11 heteroatoms. The molecule has 2 N–H and O–H groups in total. The van der Waals surface area contributed by atoms with Gasteiger partial charge in [-0.2, -0.15) is 0 Å². The summed E-state index contributed by atoms with van der Waals surface area (Å²) < 4.78 is 20.0. The highest BCUT2D eigenvalue weighted by atomic mass is 19.1. The Bertz CT molecular complexity index is 792. The summed E-state index contributed by atoms with van der Waals surface area (Å²) in [6.07, 6.45) is -1.11. The Hall–Kier alpha value is -2.92. The third-order valence-electron chi connectivity index (χ3n) is 4.63. The standard InChI is InChI=1S/C18H23FN4O6/c1-12(25)20-9-14-10-22(18(27)29-14)13-2-3-16(15(19)8-13)21-4-5-23(17(26)11-24)28-7-6-21/h2-3,8,14,24H,4-7,9-11H2,1H3,(H,20,25)/t14-/m0/s1. The van der Waals surface area contributed by atoms with Crippen molar-refractivity contribution in [1.82, 2.24) is 10.4 Å². The molecular weight excluding hydrogens is 387 g/mol. The van der Waals surface area contributed by atoms with Gasteiger partial charge in [0.2, 0.25) is 5.91 Å². The van der Waals surface area contributed by atoms with Crippen LogP contribution in [0.4, 0.5) is 20.6 Å². The van der Waals surface area contributed by atoms with Gasteiger partial charge >= 0.3 is 6.09 Å². The Balaban J connectivity index is 1.66. The molecule has 29 heavy (non-hydrogen) atoms. The number of nitrogens with one attached hydrogen (secondary N) is 1. The van der Waals surface area contributed by atoms with E-state index < -0.39 is 30.5 Å². The molecule has 0 saturated carbocycles. The van der Waals surface area contributed by atoms with Crippen LogP contribution in [0.2, 0.25) is 0 Å². The molecule has 0 bridgehead atoms. The van der Waals surface area contributed by atoms with Crippen LogP contribution in [-0.4, -0.2) is 80.1 Å². The van der Waals surface area contributed by atoms with Crippen molar-refractivity contribution >= 4 is 29.3 Å². The Labute approximate surface area is 166 Å². The van der Waals surface area contributed by atoms with Crippen molar-refractivity contribution in [3.63, 3.8) is 0 Å². The molecule has 2 saturated heterocycles. The van der Waals surface area contributed by atoms with E-state index in [0.717, 1.165) is 5.06 Å². The number of anilines is 2. The molecule has 1 aromatic rings. The fourth-order valence-electron chi connectivity index (χ4n) is 3.18. The van der Waals surface area contributed by atoms with Gasteiger partial charge in [0, 0.05) is 20.0 Å². The Kier molecular flexibility index (Phi) is 6.49. The molecule has 0 aliphatic carbocycles. The van der Waals surface area contributed by atoms with E-state index >= 15 is 0 Å². The van der Waals surface area contributed by atoms with Crippen LogP contribution in [0.15, 0.2) is 18.2 Å². The zero-order chi connectivity index (χ0) is 21.0. The van der Waals surface area contributed by atoms with Crippen LogP contribution in [0.5, 0.6) is 0 Å². The number of carbonyl (C=O) groups excluding carboxylic acids is 3. The van der Waals surface area contributed by atoms with Crippen LogP contribution in [-0.2, 0) is 19.2 Å². The molecule has 0 unspecified atom stereocenters. The highest BCUT2D eigenvalue weighted by molar-refractivity contribution is 5.90. The number of hydrogen-bond donors (Lipinski definition) is 2. The maximum absolute atomic E-state index is 14.8. The fourth-order valence-corrected chi connectivity index (χ4v) is 3.18. The molecule has 3 amide bonds. The van der Waals surface area contributed by atoms with Gasteiger partial charge in [0.25, 0.3) is 5.91 Å². The van der Waals surface area contributed by atoms with Crippen molar-refractivity contribution in [3.8, 4) is 0 Å². The number of aliphatic hydroxyl groups is 1. The van der Waals surface area contributed by atoms with Crippen LogP contribution >= 0.6 is 0 Å². The lowest BCUT2D eigenvalue weighted by Crippen LogP contribution is -2.36. The van der Waals surface area contributed by atoms with Crippen LogP contribution in [0.3, 0.4) is 0 Å². The van der Waals surface area contributed by atoms with E-state index in [1.54, 1.807) is 17.0 Å². The summed E-state index contributed by atoms with van der Waals surface area (Å²) in [7, 11) is 0. The number of nitrogens with zero attached hydrogens (tertiary/aromatic N) is 3. The summed E-state index contributed by atoms with van der Waals surface area (Å²) in [6.45, 7) is 2.14. The number of halogens is 1. The summed E-state index contributed by atoms with van der Waals surface area (Å²) >= 11 is 0. The predicted molar refractivity (Wildman–Crippen MR) is 99.7 cm³/mol. The lowest BCUT2D eigenvalue weighted by molar-refractivity contribution is -0.184. The average molecular weight is 410 g/mol. The van der Waals surface area contributed by atoms with Crippen molar-refractivity contribution in [1.29, 1.82) is 0 Å². The van der Waals surface area contributed by atoms with Gasteiger partial charge in [0.15, 0.2) is 0 Å².